The van der Waals surface area contributed by atoms with Gasteiger partial charge in [0.15, 0.2) is 0 Å². The van der Waals surface area contributed by atoms with Crippen molar-refractivity contribution in [3.8, 4) is 0 Å². The number of nitrogens with zero attached hydrogens (tertiary/aromatic N) is 3. The fourth-order valence-electron chi connectivity index (χ4n) is 4.39. The third-order valence-corrected chi connectivity index (χ3v) is 6.34. The van der Waals surface area contributed by atoms with Crippen molar-refractivity contribution in [1.82, 2.24) is 20.1 Å². The fourth-order valence-corrected chi connectivity index (χ4v) is 4.39. The van der Waals surface area contributed by atoms with Gasteiger partial charge in [0.25, 0.3) is 0 Å². The third kappa shape index (κ3) is 5.46. The maximum atomic E-state index is 12.4. The largest absolute Gasteiger partial charge is 0.342 e. The van der Waals surface area contributed by atoms with Crippen LogP contribution in [0.3, 0.4) is 0 Å². The zero-order valence-corrected chi connectivity index (χ0v) is 17.2. The summed E-state index contributed by atoms with van der Waals surface area (Å²) in [6.07, 6.45) is 11.4. The summed E-state index contributed by atoms with van der Waals surface area (Å²) in [5.74, 6) is 0.274. The van der Waals surface area contributed by atoms with E-state index < -0.39 is 0 Å². The molecule has 154 valence electrons. The van der Waals surface area contributed by atoms with E-state index in [1.165, 1.54) is 12.0 Å². The molecule has 1 aromatic rings. The molecule has 3 heterocycles. The molecule has 2 fully saturated rings. The summed E-state index contributed by atoms with van der Waals surface area (Å²) in [6.45, 7) is 6.14. The van der Waals surface area contributed by atoms with E-state index in [4.69, 9.17) is 0 Å². The number of carbonyl (C=O) groups is 2. The van der Waals surface area contributed by atoms with Gasteiger partial charge in [-0.25, -0.2) is 4.79 Å². The first-order valence-electron chi connectivity index (χ1n) is 10.8. The highest BCUT2D eigenvalue weighted by atomic mass is 16.2. The molecule has 3 rings (SSSR count). The Kier molecular flexibility index (Phi) is 7.29. The standard InChI is InChI=1S/C22H34N4O2/c1-2-3-4-12-24-21(28)25-16-10-22(11-17-25)9-5-20(27)26(18-22)15-8-19-6-13-23-14-7-19/h6-7,13-14H,2-5,8-12,15-18H2,1H3,(H,24,28). The van der Waals surface area contributed by atoms with E-state index in [9.17, 15) is 9.59 Å². The second kappa shape index (κ2) is 9.89. The molecule has 0 atom stereocenters. The minimum absolute atomic E-state index is 0.0763. The first-order chi connectivity index (χ1) is 13.6. The van der Waals surface area contributed by atoms with Crippen LogP contribution < -0.4 is 5.32 Å². The van der Waals surface area contributed by atoms with Gasteiger partial charge in [0.2, 0.25) is 5.91 Å². The van der Waals surface area contributed by atoms with Gasteiger partial charge in [0.1, 0.15) is 0 Å². The predicted octanol–water partition coefficient (Wildman–Crippen LogP) is 3.23. The number of nitrogens with one attached hydrogen (secondary N) is 1. The average molecular weight is 387 g/mol. The Morgan fingerprint density at radius 1 is 1.18 bits per heavy atom. The zero-order chi connectivity index (χ0) is 19.8. The van der Waals surface area contributed by atoms with Gasteiger partial charge in [-0.1, -0.05) is 19.8 Å². The van der Waals surface area contributed by atoms with E-state index >= 15 is 0 Å². The molecular formula is C22H34N4O2. The highest BCUT2D eigenvalue weighted by molar-refractivity contribution is 5.77. The van der Waals surface area contributed by atoms with E-state index in [1.807, 2.05) is 21.9 Å². The van der Waals surface area contributed by atoms with Crippen LogP contribution in [-0.4, -0.2) is 59.4 Å². The number of likely N-dealkylation sites (tertiary alicyclic amines) is 2. The number of hydrogen-bond acceptors (Lipinski definition) is 3. The summed E-state index contributed by atoms with van der Waals surface area (Å²) in [7, 11) is 0. The lowest BCUT2D eigenvalue weighted by Gasteiger charge is -2.47. The van der Waals surface area contributed by atoms with Crippen molar-refractivity contribution >= 4 is 11.9 Å². The van der Waals surface area contributed by atoms with Crippen LogP contribution in [0.25, 0.3) is 0 Å². The van der Waals surface area contributed by atoms with Gasteiger partial charge in [-0.2, -0.15) is 0 Å². The lowest BCUT2D eigenvalue weighted by atomic mass is 9.72. The van der Waals surface area contributed by atoms with Crippen LogP contribution in [0, 0.1) is 5.41 Å². The molecular weight excluding hydrogens is 352 g/mol. The van der Waals surface area contributed by atoms with E-state index in [2.05, 4.69) is 17.2 Å². The number of urea groups is 1. The first-order valence-corrected chi connectivity index (χ1v) is 10.8. The van der Waals surface area contributed by atoms with Gasteiger partial charge in [0.05, 0.1) is 0 Å². The molecule has 0 bridgehead atoms. The summed E-state index contributed by atoms with van der Waals surface area (Å²) >= 11 is 0. The smallest absolute Gasteiger partial charge is 0.317 e. The SMILES string of the molecule is CCCCCNC(=O)N1CCC2(CCC(=O)N(CCc3ccncc3)C2)CC1. The number of carbonyl (C=O) groups excluding carboxylic acids is 2. The second-order valence-corrected chi connectivity index (χ2v) is 8.35. The van der Waals surface area contributed by atoms with E-state index in [0.717, 1.165) is 71.2 Å². The average Bonchev–Trinajstić information content (AvgIpc) is 2.73. The summed E-state index contributed by atoms with van der Waals surface area (Å²) in [5, 5.41) is 3.05. The maximum absolute atomic E-state index is 12.4. The monoisotopic (exact) mass is 386 g/mol. The normalized spacial score (nSPS) is 19.1. The molecule has 6 heteroatoms. The summed E-state index contributed by atoms with van der Waals surface area (Å²) < 4.78 is 0. The number of aromatic nitrogens is 1. The molecule has 0 radical (unpaired) electrons. The van der Waals surface area contributed by atoms with E-state index in [0.29, 0.717) is 6.42 Å². The summed E-state index contributed by atoms with van der Waals surface area (Å²) in [6, 6.07) is 4.11. The van der Waals surface area contributed by atoms with Gasteiger partial charge < -0.3 is 15.1 Å². The molecule has 2 saturated heterocycles. The van der Waals surface area contributed by atoms with E-state index in [1.54, 1.807) is 12.4 Å². The van der Waals surface area contributed by atoms with Crippen LogP contribution in [-0.2, 0) is 11.2 Å². The Hall–Kier alpha value is -2.11. The maximum Gasteiger partial charge on any atom is 0.317 e. The third-order valence-electron chi connectivity index (χ3n) is 6.34. The Bertz CT molecular complexity index is 641. The highest BCUT2D eigenvalue weighted by Gasteiger charge is 2.41. The molecule has 0 unspecified atom stereocenters. The van der Waals surface area contributed by atoms with Gasteiger partial charge in [-0.3, -0.25) is 9.78 Å². The molecule has 1 spiro atoms. The molecule has 1 N–H and O–H groups in total. The molecule has 0 aliphatic carbocycles. The minimum Gasteiger partial charge on any atom is -0.342 e. The van der Waals surface area contributed by atoms with Crippen molar-refractivity contribution in [1.29, 1.82) is 0 Å². The predicted molar refractivity (Wildman–Crippen MR) is 110 cm³/mol. The lowest BCUT2D eigenvalue weighted by Crippen LogP contribution is -2.54. The van der Waals surface area contributed by atoms with Crippen molar-refractivity contribution in [3.05, 3.63) is 30.1 Å². The van der Waals surface area contributed by atoms with Crippen LogP contribution in [0.4, 0.5) is 4.79 Å². The Labute approximate surface area is 168 Å². The molecule has 0 aromatic carbocycles. The molecule has 0 saturated carbocycles. The van der Waals surface area contributed by atoms with Crippen LogP contribution in [0.1, 0.15) is 57.4 Å². The van der Waals surface area contributed by atoms with Gasteiger partial charge in [0, 0.05) is 51.5 Å². The number of hydrogen-bond donors (Lipinski definition) is 1. The molecule has 28 heavy (non-hydrogen) atoms. The second-order valence-electron chi connectivity index (χ2n) is 8.35. The molecule has 2 aliphatic heterocycles. The lowest BCUT2D eigenvalue weighted by molar-refractivity contribution is -0.138. The molecule has 3 amide bonds. The summed E-state index contributed by atoms with van der Waals surface area (Å²) in [5.41, 5.74) is 1.41. The minimum atomic E-state index is 0.0763. The van der Waals surface area contributed by atoms with Gasteiger partial charge in [-0.15, -0.1) is 0 Å². The quantitative estimate of drug-likeness (QED) is 0.732. The van der Waals surface area contributed by atoms with Crippen LogP contribution >= 0.6 is 0 Å². The highest BCUT2D eigenvalue weighted by Crippen LogP contribution is 2.40. The van der Waals surface area contributed by atoms with Crippen molar-refractivity contribution in [3.63, 3.8) is 0 Å². The van der Waals surface area contributed by atoms with Crippen molar-refractivity contribution in [2.75, 3.05) is 32.7 Å². The number of unbranched alkanes of at least 4 members (excludes halogenated alkanes) is 2. The number of piperidine rings is 2. The van der Waals surface area contributed by atoms with Crippen LogP contribution in [0.5, 0.6) is 0 Å². The number of rotatable bonds is 7. The van der Waals surface area contributed by atoms with Crippen LogP contribution in [0.2, 0.25) is 0 Å². The van der Waals surface area contributed by atoms with Crippen molar-refractivity contribution in [2.45, 2.75) is 58.3 Å². The Morgan fingerprint density at radius 2 is 1.93 bits per heavy atom. The van der Waals surface area contributed by atoms with E-state index in [-0.39, 0.29) is 17.4 Å². The first kappa shape index (κ1) is 20.6. The zero-order valence-electron chi connectivity index (χ0n) is 17.2. The number of pyridine rings is 1. The van der Waals surface area contributed by atoms with Gasteiger partial charge >= 0.3 is 6.03 Å². The van der Waals surface area contributed by atoms with Crippen molar-refractivity contribution in [2.24, 2.45) is 5.41 Å². The Morgan fingerprint density at radius 3 is 2.64 bits per heavy atom. The van der Waals surface area contributed by atoms with Gasteiger partial charge in [-0.05, 0) is 55.2 Å². The topological polar surface area (TPSA) is 65.5 Å². The number of amides is 3. The van der Waals surface area contributed by atoms with Crippen LogP contribution in [0.15, 0.2) is 24.5 Å². The van der Waals surface area contributed by atoms with Crippen molar-refractivity contribution < 1.29 is 9.59 Å². The molecule has 2 aliphatic rings. The fraction of sp³-hybridized carbons (Fsp3) is 0.682. The molecule has 6 nitrogen and oxygen atoms in total. The summed E-state index contributed by atoms with van der Waals surface area (Å²) in [4.78, 5) is 32.8. The molecule has 1 aromatic heterocycles. The Balaban J connectivity index is 1.47.